The van der Waals surface area contributed by atoms with E-state index in [0.717, 1.165) is 37.9 Å². The highest BCUT2D eigenvalue weighted by molar-refractivity contribution is 5.85. The fraction of sp³-hybridized carbons (Fsp3) is 0.481. The number of amides is 1. The second-order valence-electron chi connectivity index (χ2n) is 9.67. The molecule has 1 aliphatic heterocycles. The number of hydrogen-bond donors (Lipinski definition) is 1. The highest BCUT2D eigenvalue weighted by Crippen LogP contribution is 2.36. The fourth-order valence-electron chi connectivity index (χ4n) is 5.30. The van der Waals surface area contributed by atoms with Gasteiger partial charge in [0.2, 0.25) is 5.91 Å². The number of aromatic nitrogens is 2. The maximum Gasteiger partial charge on any atom is 0.250 e. The van der Waals surface area contributed by atoms with Crippen LogP contribution in [0.2, 0.25) is 0 Å². The molecule has 1 aliphatic carbocycles. The molecule has 7 nitrogen and oxygen atoms in total. The summed E-state index contributed by atoms with van der Waals surface area (Å²) in [6, 6.07) is 12.4. The van der Waals surface area contributed by atoms with Gasteiger partial charge in [-0.2, -0.15) is 0 Å². The van der Waals surface area contributed by atoms with Crippen LogP contribution in [0.15, 0.2) is 53.6 Å². The Morgan fingerprint density at radius 1 is 1.21 bits per heavy atom. The maximum absolute atomic E-state index is 14.0. The van der Waals surface area contributed by atoms with Crippen molar-refractivity contribution in [3.63, 3.8) is 0 Å². The summed E-state index contributed by atoms with van der Waals surface area (Å²) in [6.45, 7) is 3.56. The predicted octanol–water partition coefficient (Wildman–Crippen LogP) is 2.87. The second-order valence-corrected chi connectivity index (χ2v) is 9.67. The number of aryl methyl sites for hydroxylation is 1. The molecular formula is C27H34N4O3. The number of nitrogens with zero attached hydrogens (tertiary/aromatic N) is 3. The summed E-state index contributed by atoms with van der Waals surface area (Å²) in [5.74, 6) is 0.101. The average molecular weight is 463 g/mol. The molecule has 7 heteroatoms. The van der Waals surface area contributed by atoms with Crippen molar-refractivity contribution in [3.05, 3.63) is 70.3 Å². The number of benzene rings is 1. The highest BCUT2D eigenvalue weighted by atomic mass is 16.5. The summed E-state index contributed by atoms with van der Waals surface area (Å²) in [4.78, 5) is 28.4. The van der Waals surface area contributed by atoms with Gasteiger partial charge in [0.15, 0.2) is 0 Å². The minimum Gasteiger partial charge on any atom is -0.383 e. The molecule has 3 aromatic rings. The van der Waals surface area contributed by atoms with Crippen LogP contribution in [0.5, 0.6) is 0 Å². The molecule has 1 aromatic carbocycles. The molecule has 1 N–H and O–H groups in total. The molecule has 2 atom stereocenters. The number of fused-ring (bicyclic) bond motifs is 1. The van der Waals surface area contributed by atoms with Crippen LogP contribution in [-0.4, -0.2) is 52.8 Å². The monoisotopic (exact) mass is 462 g/mol. The summed E-state index contributed by atoms with van der Waals surface area (Å²) in [5, 5.41) is 4.62. The first-order chi connectivity index (χ1) is 16.6. The molecule has 2 aliphatic rings. The number of ether oxygens (including phenoxy) is 1. The van der Waals surface area contributed by atoms with E-state index in [0.29, 0.717) is 25.7 Å². The number of piperidine rings is 1. The van der Waals surface area contributed by atoms with Crippen molar-refractivity contribution in [3.8, 4) is 0 Å². The molecule has 3 heterocycles. The van der Waals surface area contributed by atoms with Gasteiger partial charge in [0.05, 0.1) is 12.5 Å². The Balaban J connectivity index is 1.43. The van der Waals surface area contributed by atoms with Crippen LogP contribution in [0.25, 0.3) is 10.9 Å². The van der Waals surface area contributed by atoms with Gasteiger partial charge in [0, 0.05) is 69.2 Å². The van der Waals surface area contributed by atoms with Gasteiger partial charge in [-0.3, -0.25) is 9.59 Å². The zero-order valence-corrected chi connectivity index (χ0v) is 20.1. The van der Waals surface area contributed by atoms with Gasteiger partial charge in [-0.25, -0.2) is 0 Å². The van der Waals surface area contributed by atoms with E-state index in [1.807, 2.05) is 12.3 Å². The number of carbonyl (C=O) groups excluding carboxylic acids is 1. The Labute approximate surface area is 200 Å². The van der Waals surface area contributed by atoms with E-state index in [9.17, 15) is 9.59 Å². The van der Waals surface area contributed by atoms with Gasteiger partial charge in [-0.15, -0.1) is 0 Å². The van der Waals surface area contributed by atoms with Crippen LogP contribution >= 0.6 is 0 Å². The van der Waals surface area contributed by atoms with Crippen LogP contribution in [0.1, 0.15) is 36.3 Å². The van der Waals surface area contributed by atoms with Crippen LogP contribution in [0, 0.1) is 5.92 Å². The summed E-state index contributed by atoms with van der Waals surface area (Å²) >= 11 is 0. The third-order valence-electron chi connectivity index (χ3n) is 7.37. The number of carbonyl (C=O) groups is 1. The van der Waals surface area contributed by atoms with E-state index in [1.54, 1.807) is 24.8 Å². The first-order valence-corrected chi connectivity index (χ1v) is 12.3. The Hall–Kier alpha value is -2.90. The maximum atomic E-state index is 14.0. The predicted molar refractivity (Wildman–Crippen MR) is 133 cm³/mol. The lowest BCUT2D eigenvalue weighted by Crippen LogP contribution is -2.47. The number of pyridine rings is 1. The number of para-hydroxylation sites is 1. The van der Waals surface area contributed by atoms with Gasteiger partial charge in [-0.05, 0) is 55.0 Å². The smallest absolute Gasteiger partial charge is 0.250 e. The molecule has 1 saturated heterocycles. The Morgan fingerprint density at radius 3 is 2.79 bits per heavy atom. The summed E-state index contributed by atoms with van der Waals surface area (Å²) < 4.78 is 9.12. The second kappa shape index (κ2) is 9.76. The molecule has 5 rings (SSSR count). The first kappa shape index (κ1) is 22.9. The number of rotatable bonds is 8. The summed E-state index contributed by atoms with van der Waals surface area (Å²) in [5.41, 5.74) is 3.32. The molecule has 1 amide bonds. The Bertz CT molecular complexity index is 1230. The molecule has 0 radical (unpaired) electrons. The lowest BCUT2D eigenvalue weighted by molar-refractivity contribution is -0.138. The van der Waals surface area contributed by atoms with E-state index < -0.39 is 0 Å². The van der Waals surface area contributed by atoms with Crippen molar-refractivity contribution in [1.82, 2.24) is 19.4 Å². The molecular weight excluding hydrogens is 428 g/mol. The van der Waals surface area contributed by atoms with E-state index in [1.165, 1.54) is 16.5 Å². The minimum absolute atomic E-state index is 0.0230. The number of methoxy groups -OCH3 is 1. The summed E-state index contributed by atoms with van der Waals surface area (Å²) in [7, 11) is 3.48. The van der Waals surface area contributed by atoms with Gasteiger partial charge in [-0.1, -0.05) is 18.2 Å². The molecule has 2 fully saturated rings. The van der Waals surface area contributed by atoms with Crippen LogP contribution in [0.4, 0.5) is 0 Å². The normalized spacial score (nSPS) is 20.5. The van der Waals surface area contributed by atoms with Crippen molar-refractivity contribution >= 4 is 16.8 Å². The molecule has 180 valence electrons. The van der Waals surface area contributed by atoms with Crippen molar-refractivity contribution in [2.24, 2.45) is 13.0 Å². The lowest BCUT2D eigenvalue weighted by Gasteiger charge is -2.35. The average Bonchev–Trinajstić information content (AvgIpc) is 3.65. The number of nitrogens with one attached hydrogen (secondary N) is 1. The van der Waals surface area contributed by atoms with Gasteiger partial charge in [0.25, 0.3) is 5.56 Å². The molecule has 1 saturated carbocycles. The van der Waals surface area contributed by atoms with E-state index in [-0.39, 0.29) is 23.3 Å². The molecule has 0 bridgehead atoms. The largest absolute Gasteiger partial charge is 0.383 e. The van der Waals surface area contributed by atoms with Crippen molar-refractivity contribution in [2.75, 3.05) is 26.8 Å². The zero-order chi connectivity index (χ0) is 23.7. The van der Waals surface area contributed by atoms with Crippen molar-refractivity contribution < 1.29 is 9.53 Å². The van der Waals surface area contributed by atoms with Gasteiger partial charge in [0.1, 0.15) is 0 Å². The lowest BCUT2D eigenvalue weighted by atomic mass is 9.80. The highest BCUT2D eigenvalue weighted by Gasteiger charge is 2.40. The molecule has 0 spiro atoms. The van der Waals surface area contributed by atoms with Crippen molar-refractivity contribution in [1.29, 1.82) is 0 Å². The Kier molecular flexibility index (Phi) is 6.57. The van der Waals surface area contributed by atoms with Crippen LogP contribution < -0.4 is 10.9 Å². The number of hydrogen-bond acceptors (Lipinski definition) is 4. The van der Waals surface area contributed by atoms with Crippen LogP contribution in [-0.2, 0) is 29.7 Å². The first-order valence-electron chi connectivity index (χ1n) is 12.3. The SMILES string of the molecule is COCCn1cc(CN(C(=O)C2CNCCC2c2ccn(C)c(=O)c2)C2CC2)c2ccccc21. The summed E-state index contributed by atoms with van der Waals surface area (Å²) in [6.07, 6.45) is 6.98. The van der Waals surface area contributed by atoms with Crippen LogP contribution in [0.3, 0.4) is 0 Å². The van der Waals surface area contributed by atoms with Crippen molar-refractivity contribution in [2.45, 2.75) is 44.3 Å². The fourth-order valence-corrected chi connectivity index (χ4v) is 5.30. The minimum atomic E-state index is -0.164. The molecule has 2 aromatic heterocycles. The molecule has 2 unspecified atom stereocenters. The van der Waals surface area contributed by atoms with E-state index in [4.69, 9.17) is 4.74 Å². The van der Waals surface area contributed by atoms with Gasteiger partial charge >= 0.3 is 0 Å². The standard InChI is InChI=1S/C27H34N4O3/c1-29-12-10-19(15-26(29)32)22-9-11-28-16-24(22)27(33)31(21-7-8-21)18-20-17-30(13-14-34-2)25-6-4-3-5-23(20)25/h3-6,10,12,15,17,21-22,24,28H,7-9,11,13-14,16,18H2,1-2H3. The molecule has 34 heavy (non-hydrogen) atoms. The topological polar surface area (TPSA) is 68.5 Å². The van der Waals surface area contributed by atoms with E-state index >= 15 is 0 Å². The third-order valence-corrected chi connectivity index (χ3v) is 7.37. The quantitative estimate of drug-likeness (QED) is 0.559. The zero-order valence-electron chi connectivity index (χ0n) is 20.1. The van der Waals surface area contributed by atoms with Gasteiger partial charge < -0.3 is 24.1 Å². The third kappa shape index (κ3) is 4.55. The van der Waals surface area contributed by atoms with E-state index in [2.05, 4.69) is 45.2 Å². The Morgan fingerprint density at radius 2 is 2.03 bits per heavy atom.